The summed E-state index contributed by atoms with van der Waals surface area (Å²) in [5.74, 6) is -0.106. The van der Waals surface area contributed by atoms with Gasteiger partial charge in [0.05, 0.1) is 11.6 Å². The highest BCUT2D eigenvalue weighted by Gasteiger charge is 2.52. The van der Waals surface area contributed by atoms with Gasteiger partial charge in [-0.15, -0.1) is 0 Å². The van der Waals surface area contributed by atoms with Gasteiger partial charge >= 0.3 is 0 Å². The van der Waals surface area contributed by atoms with Gasteiger partial charge in [-0.2, -0.15) is 0 Å². The van der Waals surface area contributed by atoms with E-state index in [1.165, 1.54) is 12.0 Å². The quantitative estimate of drug-likeness (QED) is 0.542. The minimum Gasteiger partial charge on any atom is -0.348 e. The van der Waals surface area contributed by atoms with Crippen molar-refractivity contribution in [1.82, 2.24) is 0 Å². The highest BCUT2D eigenvalue weighted by Crippen LogP contribution is 2.59. The van der Waals surface area contributed by atoms with Crippen molar-refractivity contribution in [3.63, 3.8) is 0 Å². The first-order chi connectivity index (χ1) is 10.7. The lowest BCUT2D eigenvalue weighted by molar-refractivity contribution is -0.221. The zero-order chi connectivity index (χ0) is 17.0. The maximum Gasteiger partial charge on any atom is 0.210 e. The monoisotopic (exact) mass is 358 g/mol. The van der Waals surface area contributed by atoms with Crippen molar-refractivity contribution < 1.29 is 14.3 Å². The molecule has 0 aromatic heterocycles. The first-order valence-corrected chi connectivity index (χ1v) is 8.96. The predicted molar refractivity (Wildman–Crippen MR) is 91.3 cm³/mol. The molecule has 1 saturated carbocycles. The number of halogens is 2. The van der Waals surface area contributed by atoms with Gasteiger partial charge in [0.2, 0.25) is 5.79 Å². The van der Waals surface area contributed by atoms with E-state index in [1.54, 1.807) is 7.11 Å². The van der Waals surface area contributed by atoms with Crippen LogP contribution in [0.15, 0.2) is 21.7 Å². The smallest absolute Gasteiger partial charge is 0.210 e. The fourth-order valence-electron chi connectivity index (χ4n) is 4.38. The number of rotatable bonds is 4. The number of fused-ring (bicyclic) bond motifs is 1. The summed E-state index contributed by atoms with van der Waals surface area (Å²) in [5, 5.41) is 0.209. The molecule has 128 valence electrons. The lowest BCUT2D eigenvalue weighted by Gasteiger charge is -2.56. The van der Waals surface area contributed by atoms with E-state index in [9.17, 15) is 4.79 Å². The van der Waals surface area contributed by atoms with Gasteiger partial charge in [0, 0.05) is 19.4 Å². The number of carbonyl (C=O) groups is 1. The molecule has 4 aliphatic rings. The first-order valence-electron chi connectivity index (χ1n) is 8.21. The third-order valence-electron chi connectivity index (χ3n) is 6.22. The summed E-state index contributed by atoms with van der Waals surface area (Å²) >= 11 is 12.4. The molecule has 4 rings (SSSR count). The maximum atomic E-state index is 11.9. The summed E-state index contributed by atoms with van der Waals surface area (Å²) < 4.78 is 11.8. The highest BCUT2D eigenvalue weighted by atomic mass is 35.5. The maximum absolute atomic E-state index is 11.9. The van der Waals surface area contributed by atoms with Gasteiger partial charge in [0.1, 0.15) is 5.03 Å². The van der Waals surface area contributed by atoms with Crippen LogP contribution in [-0.4, -0.2) is 25.3 Å². The molecule has 0 aromatic carbocycles. The molecule has 2 bridgehead atoms. The number of hydrogen-bond donors (Lipinski definition) is 0. The molecule has 0 saturated heterocycles. The summed E-state index contributed by atoms with van der Waals surface area (Å²) in [5.41, 5.74) is 1.66. The SMILES string of the molecule is COC1(OCC2=CC[C@H]3C[C@@H]2C3(C)C)C(Cl)=C(Cl)C(=O)CC1C. The van der Waals surface area contributed by atoms with Crippen molar-refractivity contribution in [2.45, 2.75) is 45.8 Å². The van der Waals surface area contributed by atoms with Crippen LogP contribution < -0.4 is 0 Å². The third-order valence-corrected chi connectivity index (χ3v) is 7.17. The van der Waals surface area contributed by atoms with Crippen molar-refractivity contribution in [3.8, 4) is 0 Å². The Morgan fingerprint density at radius 2 is 2.04 bits per heavy atom. The predicted octanol–water partition coefficient (Wildman–Crippen LogP) is 4.64. The molecule has 0 heterocycles. The minimum absolute atomic E-state index is 0.0354. The van der Waals surface area contributed by atoms with Crippen LogP contribution in [0.2, 0.25) is 0 Å². The van der Waals surface area contributed by atoms with E-state index < -0.39 is 5.79 Å². The van der Waals surface area contributed by atoms with Crippen molar-refractivity contribution >= 4 is 29.0 Å². The van der Waals surface area contributed by atoms with Gasteiger partial charge < -0.3 is 9.47 Å². The Morgan fingerprint density at radius 1 is 1.35 bits per heavy atom. The molecule has 23 heavy (non-hydrogen) atoms. The standard InChI is InChI=1S/C18H24Cl2O3/c1-10-7-14(21)15(19)16(20)18(10,22-4)23-9-11-5-6-12-8-13(11)17(12,2)3/h5,10,12-13H,6-9H2,1-4H3/t10?,12-,13-,18?/m0/s1. The molecule has 0 aliphatic heterocycles. The van der Waals surface area contributed by atoms with Crippen molar-refractivity contribution in [2.75, 3.05) is 13.7 Å². The number of ketones is 1. The summed E-state index contributed by atoms with van der Waals surface area (Å²) in [6.45, 7) is 7.03. The van der Waals surface area contributed by atoms with Gasteiger partial charge in [-0.05, 0) is 35.7 Å². The Morgan fingerprint density at radius 3 is 2.61 bits per heavy atom. The molecular weight excluding hydrogens is 335 g/mol. The van der Waals surface area contributed by atoms with E-state index in [4.69, 9.17) is 32.7 Å². The summed E-state index contributed by atoms with van der Waals surface area (Å²) in [6, 6.07) is 0. The lowest BCUT2D eigenvalue weighted by Crippen LogP contribution is -2.51. The normalized spacial score (nSPS) is 39.1. The van der Waals surface area contributed by atoms with E-state index in [0.717, 1.165) is 12.3 Å². The number of carbonyl (C=O) groups excluding carboxylic acids is 1. The zero-order valence-electron chi connectivity index (χ0n) is 14.1. The Kier molecular flexibility index (Phi) is 4.46. The summed E-state index contributed by atoms with van der Waals surface area (Å²) in [4.78, 5) is 11.9. The molecule has 5 heteroatoms. The lowest BCUT2D eigenvalue weighted by atomic mass is 9.49. The molecular formula is C18H24Cl2O3. The van der Waals surface area contributed by atoms with E-state index >= 15 is 0 Å². The van der Waals surface area contributed by atoms with Crippen molar-refractivity contribution in [2.24, 2.45) is 23.2 Å². The van der Waals surface area contributed by atoms with Crippen LogP contribution in [0.25, 0.3) is 0 Å². The first kappa shape index (κ1) is 17.5. The van der Waals surface area contributed by atoms with Crippen LogP contribution in [0.1, 0.15) is 40.0 Å². The minimum atomic E-state index is -1.13. The number of ether oxygens (including phenoxy) is 2. The molecule has 3 nitrogen and oxygen atoms in total. The second kappa shape index (κ2) is 5.87. The van der Waals surface area contributed by atoms with E-state index in [-0.39, 0.29) is 28.2 Å². The Bertz CT molecular complexity index is 593. The molecule has 2 unspecified atom stereocenters. The largest absolute Gasteiger partial charge is 0.348 e. The van der Waals surface area contributed by atoms with E-state index in [1.807, 2.05) is 6.92 Å². The van der Waals surface area contributed by atoms with Gasteiger partial charge in [0.15, 0.2) is 5.78 Å². The van der Waals surface area contributed by atoms with Gasteiger partial charge in [0.25, 0.3) is 0 Å². The molecule has 0 amide bonds. The van der Waals surface area contributed by atoms with E-state index in [0.29, 0.717) is 17.9 Å². The van der Waals surface area contributed by atoms with Gasteiger partial charge in [-0.3, -0.25) is 4.79 Å². The van der Waals surface area contributed by atoms with Gasteiger partial charge in [-0.1, -0.05) is 50.0 Å². The van der Waals surface area contributed by atoms with Crippen LogP contribution in [0.4, 0.5) is 0 Å². The number of allylic oxidation sites excluding steroid dienone is 2. The molecule has 0 spiro atoms. The average Bonchev–Trinajstić information content (AvgIpc) is 2.53. The zero-order valence-corrected chi connectivity index (χ0v) is 15.6. The average molecular weight is 359 g/mol. The fourth-order valence-corrected chi connectivity index (χ4v) is 5.01. The van der Waals surface area contributed by atoms with Crippen LogP contribution in [0.3, 0.4) is 0 Å². The Hall–Kier alpha value is -0.350. The topological polar surface area (TPSA) is 35.5 Å². The fraction of sp³-hybridized carbons (Fsp3) is 0.722. The molecule has 4 atom stereocenters. The van der Waals surface area contributed by atoms with Crippen molar-refractivity contribution in [1.29, 1.82) is 0 Å². The molecule has 0 radical (unpaired) electrons. The number of Topliss-reactive ketones (excluding diaryl/α,β-unsaturated/α-hetero) is 1. The van der Waals surface area contributed by atoms with Crippen LogP contribution in [0.5, 0.6) is 0 Å². The van der Waals surface area contributed by atoms with Crippen LogP contribution in [0, 0.1) is 23.2 Å². The van der Waals surface area contributed by atoms with Crippen molar-refractivity contribution in [3.05, 3.63) is 21.7 Å². The Labute approximate surface area is 148 Å². The molecule has 0 N–H and O–H groups in total. The summed E-state index contributed by atoms with van der Waals surface area (Å²) in [6.07, 6.45) is 4.92. The second-order valence-corrected chi connectivity index (χ2v) is 8.39. The van der Waals surface area contributed by atoms with Gasteiger partial charge in [-0.25, -0.2) is 0 Å². The Balaban J connectivity index is 1.80. The number of hydrogen-bond acceptors (Lipinski definition) is 3. The van der Waals surface area contributed by atoms with Crippen LogP contribution >= 0.6 is 23.2 Å². The molecule has 4 aliphatic carbocycles. The van der Waals surface area contributed by atoms with E-state index in [2.05, 4.69) is 19.9 Å². The third kappa shape index (κ3) is 2.52. The molecule has 0 aromatic rings. The van der Waals surface area contributed by atoms with Crippen LogP contribution in [-0.2, 0) is 14.3 Å². The number of methoxy groups -OCH3 is 1. The summed E-state index contributed by atoms with van der Waals surface area (Å²) in [7, 11) is 1.55. The highest BCUT2D eigenvalue weighted by molar-refractivity contribution is 6.49. The molecule has 1 fully saturated rings. The second-order valence-electron chi connectivity index (χ2n) is 7.64.